The lowest BCUT2D eigenvalue weighted by Gasteiger charge is -2.14. The Hall–Kier alpha value is -2.95. The Morgan fingerprint density at radius 2 is 1.59 bits per heavy atom. The molecular formula is C17H9ClF6N2O3. The van der Waals surface area contributed by atoms with Gasteiger partial charge in [0, 0.05) is 10.6 Å². The van der Waals surface area contributed by atoms with Crippen molar-refractivity contribution in [1.29, 1.82) is 0 Å². The Bertz CT molecular complexity index is 1090. The lowest BCUT2D eigenvalue weighted by Crippen LogP contribution is -2.15. The SMILES string of the molecule is COc1ccc(Cl)cc1-n1c(-c2cc(C(F)(F)F)cc(C(F)(F)F)c2)noc1=O. The molecule has 2 aromatic carbocycles. The zero-order valence-electron chi connectivity index (χ0n) is 14.2. The molecular weight excluding hydrogens is 430 g/mol. The van der Waals surface area contributed by atoms with Crippen molar-refractivity contribution in [3.63, 3.8) is 0 Å². The molecule has 1 aromatic heterocycles. The normalized spacial score (nSPS) is 12.3. The summed E-state index contributed by atoms with van der Waals surface area (Å²) in [4.78, 5) is 12.1. The summed E-state index contributed by atoms with van der Waals surface area (Å²) in [5.74, 6) is -1.69. The fourth-order valence-corrected chi connectivity index (χ4v) is 2.73. The minimum atomic E-state index is -5.07. The minimum Gasteiger partial charge on any atom is -0.495 e. The van der Waals surface area contributed by atoms with Crippen molar-refractivity contribution in [1.82, 2.24) is 9.72 Å². The van der Waals surface area contributed by atoms with Crippen LogP contribution in [0.2, 0.25) is 5.02 Å². The molecule has 0 aliphatic carbocycles. The summed E-state index contributed by atoms with van der Waals surface area (Å²) in [6.07, 6.45) is -10.1. The fourth-order valence-electron chi connectivity index (χ4n) is 2.57. The summed E-state index contributed by atoms with van der Waals surface area (Å²) in [7, 11) is 1.25. The van der Waals surface area contributed by atoms with Gasteiger partial charge in [-0.1, -0.05) is 16.8 Å². The molecule has 0 radical (unpaired) electrons. The van der Waals surface area contributed by atoms with Crippen molar-refractivity contribution in [2.24, 2.45) is 0 Å². The number of halogens is 7. The van der Waals surface area contributed by atoms with Crippen LogP contribution in [0.15, 0.2) is 45.7 Å². The number of aromatic nitrogens is 2. The van der Waals surface area contributed by atoms with Crippen LogP contribution >= 0.6 is 11.6 Å². The van der Waals surface area contributed by atoms with E-state index in [1.54, 1.807) is 0 Å². The summed E-state index contributed by atoms with van der Waals surface area (Å²) >= 11 is 5.89. The Labute approximate surface area is 163 Å². The van der Waals surface area contributed by atoms with E-state index in [0.717, 1.165) is 0 Å². The lowest BCUT2D eigenvalue weighted by molar-refractivity contribution is -0.143. The van der Waals surface area contributed by atoms with Gasteiger partial charge in [-0.3, -0.25) is 4.52 Å². The van der Waals surface area contributed by atoms with Crippen molar-refractivity contribution in [2.75, 3.05) is 7.11 Å². The molecule has 0 fully saturated rings. The second-order valence-electron chi connectivity index (χ2n) is 5.72. The topological polar surface area (TPSA) is 57.3 Å². The summed E-state index contributed by atoms with van der Waals surface area (Å²) in [6.45, 7) is 0. The Morgan fingerprint density at radius 3 is 2.10 bits per heavy atom. The van der Waals surface area contributed by atoms with Crippen molar-refractivity contribution in [2.45, 2.75) is 12.4 Å². The third kappa shape index (κ3) is 4.09. The van der Waals surface area contributed by atoms with E-state index < -0.39 is 40.6 Å². The Balaban J connectivity index is 2.32. The summed E-state index contributed by atoms with van der Waals surface area (Å²) in [5, 5.41) is 3.48. The molecule has 0 atom stereocenters. The van der Waals surface area contributed by atoms with Crippen LogP contribution in [0.3, 0.4) is 0 Å². The van der Waals surface area contributed by atoms with E-state index in [0.29, 0.717) is 16.7 Å². The monoisotopic (exact) mass is 438 g/mol. The van der Waals surface area contributed by atoms with E-state index in [9.17, 15) is 31.1 Å². The van der Waals surface area contributed by atoms with Crippen LogP contribution in [0.5, 0.6) is 5.75 Å². The largest absolute Gasteiger partial charge is 0.495 e. The highest BCUT2D eigenvalue weighted by atomic mass is 35.5. The molecule has 3 aromatic rings. The standard InChI is InChI=1S/C17H9ClF6N2O3/c1-28-13-3-2-11(18)7-12(13)26-14(25-29-15(26)27)8-4-9(16(19,20)21)6-10(5-8)17(22,23)24/h2-7H,1H3. The summed E-state index contributed by atoms with van der Waals surface area (Å²) < 4.78 is 89.0. The quantitative estimate of drug-likeness (QED) is 0.528. The molecule has 12 heteroatoms. The molecule has 0 aliphatic heterocycles. The number of hydrogen-bond donors (Lipinski definition) is 0. The molecule has 0 spiro atoms. The highest BCUT2D eigenvalue weighted by Crippen LogP contribution is 2.39. The lowest BCUT2D eigenvalue weighted by atomic mass is 10.0. The number of alkyl halides is 6. The average molecular weight is 439 g/mol. The molecule has 0 amide bonds. The van der Waals surface area contributed by atoms with Crippen molar-refractivity contribution in [3.05, 3.63) is 63.1 Å². The van der Waals surface area contributed by atoms with Gasteiger partial charge in [0.05, 0.1) is 23.9 Å². The smallest absolute Gasteiger partial charge is 0.446 e. The van der Waals surface area contributed by atoms with E-state index >= 15 is 0 Å². The molecule has 0 saturated heterocycles. The van der Waals surface area contributed by atoms with Gasteiger partial charge in [-0.25, -0.2) is 9.36 Å². The van der Waals surface area contributed by atoms with Gasteiger partial charge in [-0.2, -0.15) is 26.3 Å². The number of benzene rings is 2. The van der Waals surface area contributed by atoms with Crippen LogP contribution in [0.25, 0.3) is 17.1 Å². The molecule has 0 N–H and O–H groups in total. The van der Waals surface area contributed by atoms with E-state index in [1.165, 1.54) is 25.3 Å². The predicted molar refractivity (Wildman–Crippen MR) is 89.1 cm³/mol. The van der Waals surface area contributed by atoms with Gasteiger partial charge >= 0.3 is 18.1 Å². The minimum absolute atomic E-state index is 0.0357. The molecule has 0 aliphatic rings. The maximum Gasteiger partial charge on any atom is 0.446 e. The maximum absolute atomic E-state index is 13.1. The highest BCUT2D eigenvalue weighted by molar-refractivity contribution is 6.30. The first-order valence-corrected chi connectivity index (χ1v) is 8.02. The number of nitrogens with zero attached hydrogens (tertiary/aromatic N) is 2. The van der Waals surface area contributed by atoms with Gasteiger partial charge < -0.3 is 4.74 Å². The second kappa shape index (κ2) is 7.14. The van der Waals surface area contributed by atoms with Crippen LogP contribution < -0.4 is 10.5 Å². The molecule has 0 bridgehead atoms. The first-order valence-electron chi connectivity index (χ1n) is 7.64. The van der Waals surface area contributed by atoms with Crippen molar-refractivity contribution in [3.8, 4) is 22.8 Å². The van der Waals surface area contributed by atoms with E-state index in [1.807, 2.05) is 0 Å². The van der Waals surface area contributed by atoms with E-state index in [2.05, 4.69) is 9.68 Å². The highest BCUT2D eigenvalue weighted by Gasteiger charge is 2.37. The number of ether oxygens (including phenoxy) is 1. The van der Waals surface area contributed by atoms with E-state index in [-0.39, 0.29) is 22.5 Å². The molecule has 1 heterocycles. The predicted octanol–water partition coefficient (Wildman–Crippen LogP) is 5.19. The zero-order valence-corrected chi connectivity index (χ0v) is 15.0. The van der Waals surface area contributed by atoms with Gasteiger partial charge in [0.15, 0.2) is 5.82 Å². The second-order valence-corrected chi connectivity index (χ2v) is 6.15. The van der Waals surface area contributed by atoms with Gasteiger partial charge in [-0.15, -0.1) is 0 Å². The molecule has 5 nitrogen and oxygen atoms in total. The molecule has 154 valence electrons. The molecule has 3 rings (SSSR count). The van der Waals surface area contributed by atoms with Crippen LogP contribution in [0.4, 0.5) is 26.3 Å². The van der Waals surface area contributed by atoms with E-state index in [4.69, 9.17) is 16.3 Å². The van der Waals surface area contributed by atoms with Gasteiger partial charge in [-0.05, 0) is 36.4 Å². The molecule has 29 heavy (non-hydrogen) atoms. The van der Waals surface area contributed by atoms with Gasteiger partial charge in [0.2, 0.25) is 0 Å². The number of rotatable bonds is 3. The molecule has 0 unspecified atom stereocenters. The first kappa shape index (κ1) is 20.8. The van der Waals surface area contributed by atoms with Crippen LogP contribution in [-0.4, -0.2) is 16.8 Å². The van der Waals surface area contributed by atoms with Crippen LogP contribution in [0.1, 0.15) is 11.1 Å². The zero-order chi connectivity index (χ0) is 21.6. The average Bonchev–Trinajstić information content (AvgIpc) is 3.01. The Morgan fingerprint density at radius 1 is 1.00 bits per heavy atom. The third-order valence-corrected chi connectivity index (χ3v) is 4.07. The van der Waals surface area contributed by atoms with Gasteiger partial charge in [0.25, 0.3) is 0 Å². The summed E-state index contributed by atoms with van der Waals surface area (Å²) in [6, 6.07) is 4.81. The fraction of sp³-hybridized carbons (Fsp3) is 0.176. The number of hydrogen-bond acceptors (Lipinski definition) is 4. The van der Waals surface area contributed by atoms with Crippen LogP contribution in [-0.2, 0) is 12.4 Å². The summed E-state index contributed by atoms with van der Waals surface area (Å²) in [5.41, 5.74) is -3.85. The number of methoxy groups -OCH3 is 1. The molecule has 0 saturated carbocycles. The van der Waals surface area contributed by atoms with Crippen molar-refractivity contribution >= 4 is 11.6 Å². The van der Waals surface area contributed by atoms with Crippen LogP contribution in [0, 0.1) is 0 Å². The Kier molecular flexibility index (Phi) is 5.11. The third-order valence-electron chi connectivity index (χ3n) is 3.83. The maximum atomic E-state index is 13.1. The van der Waals surface area contributed by atoms with Crippen molar-refractivity contribution < 1.29 is 35.6 Å². The van der Waals surface area contributed by atoms with Gasteiger partial charge in [0.1, 0.15) is 5.75 Å². The first-order chi connectivity index (χ1) is 13.4.